The van der Waals surface area contributed by atoms with Crippen molar-refractivity contribution >= 4 is 0 Å². The van der Waals surface area contributed by atoms with Gasteiger partial charge in [0.1, 0.15) is 6.10 Å². The number of rotatable bonds is 8. The van der Waals surface area contributed by atoms with E-state index in [1.807, 2.05) is 20.8 Å². The molecule has 9 rings (SSSR count). The quantitative estimate of drug-likeness (QED) is 0.322. The molecule has 0 aromatic carbocycles. The van der Waals surface area contributed by atoms with E-state index in [0.717, 1.165) is 57.8 Å². The van der Waals surface area contributed by atoms with Crippen LogP contribution in [-0.2, 0) is 18.9 Å². The zero-order chi connectivity index (χ0) is 35.9. The van der Waals surface area contributed by atoms with Gasteiger partial charge in [0.05, 0.1) is 42.2 Å². The number of aliphatic hydroxyl groups is 2. The van der Waals surface area contributed by atoms with Crippen molar-refractivity contribution in [3.05, 3.63) is 0 Å². The van der Waals surface area contributed by atoms with Gasteiger partial charge in [0.25, 0.3) is 0 Å². The normalized spacial score (nSPS) is 52.0. The molecule has 0 amide bonds. The van der Waals surface area contributed by atoms with Crippen molar-refractivity contribution in [3.8, 4) is 0 Å². The summed E-state index contributed by atoms with van der Waals surface area (Å²) in [4.78, 5) is 5.35. The summed E-state index contributed by atoms with van der Waals surface area (Å²) in [5.41, 5.74) is 6.47. The molecule has 3 saturated heterocycles. The third-order valence-electron chi connectivity index (χ3n) is 18.0. The van der Waals surface area contributed by atoms with Crippen LogP contribution in [0.25, 0.3) is 0 Å². The summed E-state index contributed by atoms with van der Waals surface area (Å²) in [7, 11) is 0. The van der Waals surface area contributed by atoms with E-state index >= 15 is 0 Å². The Morgan fingerprint density at radius 2 is 1.67 bits per heavy atom. The van der Waals surface area contributed by atoms with Gasteiger partial charge in [0, 0.05) is 44.9 Å². The molecule has 6 aliphatic carbocycles. The highest BCUT2D eigenvalue weighted by Gasteiger charge is 2.85. The molecule has 9 aliphatic rings. The summed E-state index contributed by atoms with van der Waals surface area (Å²) in [6.07, 6.45) is 11.3. The van der Waals surface area contributed by atoms with Crippen molar-refractivity contribution < 1.29 is 29.2 Å². The second kappa shape index (κ2) is 12.1. The number of likely N-dealkylation sites (tertiary alicyclic amines) is 1. The predicted molar refractivity (Wildman–Crippen MR) is 196 cm³/mol. The molecule has 3 heterocycles. The largest absolute Gasteiger partial charge is 0.388 e. The van der Waals surface area contributed by atoms with Crippen LogP contribution < -0.4 is 5.73 Å². The van der Waals surface area contributed by atoms with Crippen LogP contribution in [0.2, 0.25) is 0 Å². The van der Waals surface area contributed by atoms with Crippen LogP contribution in [0.4, 0.5) is 0 Å². The number of fused-ring (bicyclic) bond motifs is 4. The summed E-state index contributed by atoms with van der Waals surface area (Å²) >= 11 is 0. The maximum atomic E-state index is 12.5. The highest BCUT2D eigenvalue weighted by atomic mass is 16.7. The van der Waals surface area contributed by atoms with Crippen LogP contribution in [0.1, 0.15) is 119 Å². The van der Waals surface area contributed by atoms with Gasteiger partial charge in [-0.3, -0.25) is 9.80 Å². The third-order valence-corrected chi connectivity index (χ3v) is 18.0. The van der Waals surface area contributed by atoms with Crippen LogP contribution in [0, 0.1) is 45.3 Å². The van der Waals surface area contributed by atoms with Gasteiger partial charge < -0.3 is 34.9 Å². The lowest BCUT2D eigenvalue weighted by atomic mass is 9.43. The molecular formula is C42H71N3O6. The molecular weight excluding hydrogens is 642 g/mol. The molecule has 290 valence electrons. The molecule has 9 heteroatoms. The van der Waals surface area contributed by atoms with Gasteiger partial charge in [-0.1, -0.05) is 34.1 Å². The third kappa shape index (κ3) is 4.96. The van der Waals surface area contributed by atoms with Crippen LogP contribution in [0.3, 0.4) is 0 Å². The summed E-state index contributed by atoms with van der Waals surface area (Å²) < 4.78 is 26.4. The lowest BCUT2D eigenvalue weighted by Crippen LogP contribution is -2.70. The Hall–Kier alpha value is -0.360. The van der Waals surface area contributed by atoms with E-state index in [0.29, 0.717) is 24.5 Å². The predicted octanol–water partition coefficient (Wildman–Crippen LogP) is 4.95. The first-order valence-corrected chi connectivity index (χ1v) is 21.3. The van der Waals surface area contributed by atoms with Crippen molar-refractivity contribution in [3.63, 3.8) is 0 Å². The second-order valence-electron chi connectivity index (χ2n) is 20.8. The van der Waals surface area contributed by atoms with Gasteiger partial charge in [0.15, 0.2) is 6.29 Å². The molecule has 6 saturated carbocycles. The molecule has 2 spiro atoms. The number of ether oxygens (including phenoxy) is 4. The van der Waals surface area contributed by atoms with E-state index in [4.69, 9.17) is 24.7 Å². The van der Waals surface area contributed by atoms with Gasteiger partial charge in [-0.15, -0.1) is 0 Å². The minimum atomic E-state index is -1.04. The van der Waals surface area contributed by atoms with Crippen molar-refractivity contribution in [2.24, 2.45) is 51.1 Å². The molecule has 0 bridgehead atoms. The molecule has 9 nitrogen and oxygen atoms in total. The van der Waals surface area contributed by atoms with E-state index in [1.165, 1.54) is 51.6 Å². The van der Waals surface area contributed by atoms with Crippen molar-refractivity contribution in [1.82, 2.24) is 9.80 Å². The smallest absolute Gasteiger partial charge is 0.170 e. The second-order valence-corrected chi connectivity index (χ2v) is 20.8. The van der Waals surface area contributed by atoms with Crippen molar-refractivity contribution in [2.75, 3.05) is 39.4 Å². The highest BCUT2D eigenvalue weighted by Crippen LogP contribution is 2.87. The van der Waals surface area contributed by atoms with Crippen molar-refractivity contribution in [2.45, 2.75) is 179 Å². The lowest BCUT2D eigenvalue weighted by Gasteiger charge is -2.63. The van der Waals surface area contributed by atoms with E-state index in [2.05, 4.69) is 37.5 Å². The zero-order valence-corrected chi connectivity index (χ0v) is 32.9. The summed E-state index contributed by atoms with van der Waals surface area (Å²) in [5, 5.41) is 23.6. The Bertz CT molecular complexity index is 1330. The van der Waals surface area contributed by atoms with Crippen molar-refractivity contribution in [1.29, 1.82) is 0 Å². The van der Waals surface area contributed by atoms with Gasteiger partial charge in [-0.2, -0.15) is 0 Å². The molecule has 4 N–H and O–H groups in total. The maximum Gasteiger partial charge on any atom is 0.170 e. The van der Waals surface area contributed by atoms with E-state index in [1.54, 1.807) is 0 Å². The molecule has 0 aromatic rings. The molecule has 0 radical (unpaired) electrons. The summed E-state index contributed by atoms with van der Waals surface area (Å²) in [6, 6.07) is 1.51. The first kappa shape index (κ1) is 36.3. The van der Waals surface area contributed by atoms with Gasteiger partial charge in [-0.25, -0.2) is 0 Å². The molecule has 0 aromatic heterocycles. The van der Waals surface area contributed by atoms with E-state index < -0.39 is 23.3 Å². The van der Waals surface area contributed by atoms with Crippen LogP contribution in [0.5, 0.6) is 0 Å². The molecule has 14 atom stereocenters. The molecule has 51 heavy (non-hydrogen) atoms. The molecule has 3 aliphatic heterocycles. The fourth-order valence-corrected chi connectivity index (χ4v) is 15.3. The Kier molecular flexibility index (Phi) is 8.59. The minimum Gasteiger partial charge on any atom is -0.388 e. The highest BCUT2D eigenvalue weighted by molar-refractivity contribution is 5.35. The first-order chi connectivity index (χ1) is 24.1. The van der Waals surface area contributed by atoms with E-state index in [-0.39, 0.29) is 58.1 Å². The molecule has 14 unspecified atom stereocenters. The zero-order valence-electron chi connectivity index (χ0n) is 32.9. The summed E-state index contributed by atoms with van der Waals surface area (Å²) in [6.45, 7) is 21.0. The average Bonchev–Trinajstić information content (AvgIpc) is 3.66. The first-order valence-electron chi connectivity index (χ1n) is 21.3. The van der Waals surface area contributed by atoms with E-state index in [9.17, 15) is 10.2 Å². The number of nitrogens with two attached hydrogens (primary N) is 1. The Morgan fingerprint density at radius 1 is 0.941 bits per heavy atom. The number of aliphatic hydroxyl groups excluding tert-OH is 1. The minimum absolute atomic E-state index is 0.0525. The van der Waals surface area contributed by atoms with Gasteiger partial charge >= 0.3 is 0 Å². The number of hydrogen-bond acceptors (Lipinski definition) is 9. The van der Waals surface area contributed by atoms with Crippen LogP contribution in [-0.4, -0.2) is 119 Å². The fraction of sp³-hybridized carbons (Fsp3) is 1.00. The molecule has 9 fully saturated rings. The topological polar surface area (TPSA) is 110 Å². The Labute approximate surface area is 308 Å². The standard InChI is InChI=1S/C42H71N3O6/c1-8-48-36(38(5,6)47)28-20-25(2)33-34(50-28)35(46)42(43)30-13-12-29-37(3,4)31(14-15-40(29)24-41(30,40)17-16-39(33,42)7)51-32-23-44(18-19-49-32)27-21-45(22-27)26-10-9-11-26/h25-36,46-47H,8-24,43H2,1-7H3. The number of nitrogens with zero attached hydrogens (tertiary/aromatic N) is 2. The van der Waals surface area contributed by atoms with Gasteiger partial charge in [0.2, 0.25) is 0 Å². The maximum absolute atomic E-state index is 12.5. The van der Waals surface area contributed by atoms with Gasteiger partial charge in [-0.05, 0) is 130 Å². The fourth-order valence-electron chi connectivity index (χ4n) is 15.3. The van der Waals surface area contributed by atoms with Crippen LogP contribution in [0.15, 0.2) is 0 Å². The Morgan fingerprint density at radius 3 is 2.35 bits per heavy atom. The number of hydrogen-bond donors (Lipinski definition) is 3. The number of morpholine rings is 1. The average molecular weight is 714 g/mol. The monoisotopic (exact) mass is 714 g/mol. The lowest BCUT2D eigenvalue weighted by molar-refractivity contribution is -0.251. The SMILES string of the molecule is CCOC(C1CC(C)C2C(O1)C(O)C1(N)C3CCC4C(C)(C)C(OC5CN(C6CN(C7CCC7)C6)CCO5)CCC45CC35CCC21C)C(C)(C)O. The Balaban J connectivity index is 0.906. The summed E-state index contributed by atoms with van der Waals surface area (Å²) in [5.74, 6) is 1.39. The van der Waals surface area contributed by atoms with Crippen LogP contribution >= 0.6 is 0 Å².